The molecule has 0 spiro atoms. The number of fused-ring (bicyclic) bond motifs is 1. The number of carbonyl (C=O) groups excluding carboxylic acids is 3. The highest BCUT2D eigenvalue weighted by Gasteiger charge is 2.38. The van der Waals surface area contributed by atoms with Crippen molar-refractivity contribution in [3.63, 3.8) is 0 Å². The quantitative estimate of drug-likeness (QED) is 0.149. The molecule has 0 radical (unpaired) electrons. The zero-order valence-electron chi connectivity index (χ0n) is 31.7. The first kappa shape index (κ1) is 36.9. The lowest BCUT2D eigenvalue weighted by atomic mass is 9.84. The fraction of sp³-hybridized carbons (Fsp3) is 0.500. The number of amides is 2. The third kappa shape index (κ3) is 7.63. The Morgan fingerprint density at radius 3 is 2.38 bits per heavy atom. The lowest BCUT2D eigenvalue weighted by Crippen LogP contribution is -2.49. The van der Waals surface area contributed by atoms with Crippen LogP contribution in [0.5, 0.6) is 0 Å². The molecule has 12 nitrogen and oxygen atoms in total. The summed E-state index contributed by atoms with van der Waals surface area (Å²) < 4.78 is 17.9. The second-order valence-corrected chi connectivity index (χ2v) is 16.0. The highest BCUT2D eigenvalue weighted by Crippen LogP contribution is 2.36. The molecule has 1 aliphatic carbocycles. The Labute approximate surface area is 319 Å². The third-order valence-electron chi connectivity index (χ3n) is 12.4. The van der Waals surface area contributed by atoms with E-state index in [1.165, 1.54) is 12.5 Å². The van der Waals surface area contributed by atoms with Gasteiger partial charge < -0.3 is 15.1 Å². The van der Waals surface area contributed by atoms with Gasteiger partial charge in [-0.15, -0.1) is 0 Å². The number of likely N-dealkylation sites (tertiary alicyclic amines) is 1. The van der Waals surface area contributed by atoms with Crippen LogP contribution in [-0.2, 0) is 9.59 Å². The van der Waals surface area contributed by atoms with Crippen molar-refractivity contribution >= 4 is 46.1 Å². The van der Waals surface area contributed by atoms with Gasteiger partial charge in [0.25, 0.3) is 5.56 Å². The van der Waals surface area contributed by atoms with E-state index < -0.39 is 5.67 Å². The molecule has 1 unspecified atom stereocenters. The molecule has 6 heterocycles. The van der Waals surface area contributed by atoms with Crippen molar-refractivity contribution in [3.05, 3.63) is 81.4 Å². The predicted molar refractivity (Wildman–Crippen MR) is 209 cm³/mol. The second-order valence-electron chi connectivity index (χ2n) is 16.0. The molecule has 1 aromatic carbocycles. The van der Waals surface area contributed by atoms with Crippen LogP contribution in [0.4, 0.5) is 21.8 Å². The summed E-state index contributed by atoms with van der Waals surface area (Å²) in [7, 11) is 0. The number of anilines is 3. The topological polar surface area (TPSA) is 142 Å². The van der Waals surface area contributed by atoms with Gasteiger partial charge in [-0.1, -0.05) is 37.1 Å². The second kappa shape index (κ2) is 15.2. The molecule has 3 aromatic heterocycles. The van der Waals surface area contributed by atoms with E-state index in [4.69, 9.17) is 4.98 Å². The molecule has 1 atom stereocenters. The maximum Gasteiger partial charge on any atom is 0.263 e. The van der Waals surface area contributed by atoms with Gasteiger partial charge >= 0.3 is 0 Å². The van der Waals surface area contributed by atoms with Crippen LogP contribution in [0.1, 0.15) is 116 Å². The Balaban J connectivity index is 0.859. The van der Waals surface area contributed by atoms with Crippen LogP contribution in [0.2, 0.25) is 0 Å². The minimum Gasteiger partial charge on any atom is -0.370 e. The number of benzene rings is 1. The highest BCUT2D eigenvalue weighted by atomic mass is 19.1. The monoisotopic (exact) mass is 748 g/mol. The first-order chi connectivity index (χ1) is 26.5. The van der Waals surface area contributed by atoms with Crippen molar-refractivity contribution in [2.45, 2.75) is 102 Å². The number of nitrogens with one attached hydrogen (secondary N) is 2. The molecule has 2 amide bonds. The van der Waals surface area contributed by atoms with Crippen molar-refractivity contribution in [1.29, 1.82) is 0 Å². The largest absolute Gasteiger partial charge is 0.370 e. The number of piperidine rings is 3. The molecule has 4 aliphatic rings. The molecule has 4 aromatic rings. The Morgan fingerprint density at radius 2 is 1.69 bits per heavy atom. The van der Waals surface area contributed by atoms with Gasteiger partial charge in [0.1, 0.15) is 17.1 Å². The minimum atomic E-state index is -1.25. The van der Waals surface area contributed by atoms with Crippen LogP contribution >= 0.6 is 0 Å². The molecule has 1 saturated carbocycles. The first-order valence-electron chi connectivity index (χ1n) is 19.8. The zero-order chi connectivity index (χ0) is 38.3. The van der Waals surface area contributed by atoms with Gasteiger partial charge in [0.15, 0.2) is 5.78 Å². The number of halogens is 1. The van der Waals surface area contributed by atoms with Gasteiger partial charge in [-0.25, -0.2) is 14.4 Å². The normalized spacial score (nSPS) is 21.2. The van der Waals surface area contributed by atoms with Crippen LogP contribution in [-0.4, -0.2) is 80.4 Å². The number of rotatable bonds is 9. The van der Waals surface area contributed by atoms with Crippen molar-refractivity contribution in [2.75, 3.05) is 42.9 Å². The molecule has 3 aliphatic heterocycles. The molecule has 55 heavy (non-hydrogen) atoms. The van der Waals surface area contributed by atoms with Gasteiger partial charge in [0.05, 0.1) is 23.4 Å². The van der Waals surface area contributed by atoms with Crippen molar-refractivity contribution in [2.24, 2.45) is 0 Å². The van der Waals surface area contributed by atoms with E-state index in [9.17, 15) is 19.2 Å². The smallest absolute Gasteiger partial charge is 0.263 e. The molecule has 13 heteroatoms. The summed E-state index contributed by atoms with van der Waals surface area (Å²) in [5, 5.41) is 6.35. The van der Waals surface area contributed by atoms with Crippen molar-refractivity contribution in [1.82, 2.24) is 29.7 Å². The van der Waals surface area contributed by atoms with Gasteiger partial charge in [-0.2, -0.15) is 4.98 Å². The van der Waals surface area contributed by atoms with E-state index in [1.54, 1.807) is 23.9 Å². The summed E-state index contributed by atoms with van der Waals surface area (Å²) in [6, 6.07) is 12.1. The van der Waals surface area contributed by atoms with Gasteiger partial charge in [0.2, 0.25) is 17.8 Å². The fourth-order valence-corrected chi connectivity index (χ4v) is 9.26. The van der Waals surface area contributed by atoms with E-state index in [0.717, 1.165) is 62.9 Å². The Kier molecular flexibility index (Phi) is 10.2. The number of nitrogens with zero attached hydrogens (tertiary/aromatic N) is 6. The zero-order valence-corrected chi connectivity index (χ0v) is 31.7. The van der Waals surface area contributed by atoms with Crippen molar-refractivity contribution < 1.29 is 18.8 Å². The Hall–Kier alpha value is -5.04. The summed E-state index contributed by atoms with van der Waals surface area (Å²) >= 11 is 0. The number of imide groups is 1. The number of pyridine rings is 2. The summed E-state index contributed by atoms with van der Waals surface area (Å²) in [6.07, 6.45) is 10.9. The summed E-state index contributed by atoms with van der Waals surface area (Å²) in [6.45, 7) is 6.51. The van der Waals surface area contributed by atoms with Gasteiger partial charge in [-0.05, 0) is 93.8 Å². The molecule has 288 valence electrons. The minimum absolute atomic E-state index is 0.00269. The van der Waals surface area contributed by atoms with Gasteiger partial charge in [-0.3, -0.25) is 29.1 Å². The molecule has 3 saturated heterocycles. The van der Waals surface area contributed by atoms with Crippen molar-refractivity contribution in [3.8, 4) is 0 Å². The number of aromatic nitrogens is 4. The van der Waals surface area contributed by atoms with Crippen LogP contribution < -0.4 is 21.1 Å². The van der Waals surface area contributed by atoms with E-state index in [2.05, 4.69) is 42.5 Å². The predicted octanol–water partition coefficient (Wildman–Crippen LogP) is 6.26. The molecule has 0 bridgehead atoms. The average molecular weight is 749 g/mol. The number of ketones is 1. The Bertz CT molecular complexity index is 2170. The highest BCUT2D eigenvalue weighted by molar-refractivity contribution is 6.01. The number of hydrogen-bond donors (Lipinski definition) is 2. The van der Waals surface area contributed by atoms with E-state index in [1.807, 2.05) is 24.3 Å². The molecule has 8 rings (SSSR count). The molecule has 2 N–H and O–H groups in total. The standard InChI is InChI=1S/C42H49FN8O4/c1-26-34-24-45-41(48-38(34)51(31-8-3-4-9-31)40(55)37(26)27(2)52)46-35-12-10-32(23-44-35)50-20-16-42(43,17-21-50)25-49-18-14-28(15-19-49)29-6-5-7-30(22-29)33-11-13-36(53)47-39(33)54/h5-7,10,12,22-24,28,31,33H,3-4,8-9,11,13-21,25H2,1-2H3,(H,47,53,54)(H,44,45,46,48). The number of Topliss-reactive ketones (excluding diaryl/α,β-unsaturated/α-hetero) is 1. The Morgan fingerprint density at radius 1 is 0.945 bits per heavy atom. The molecular formula is C42H49FN8O4. The fourth-order valence-electron chi connectivity index (χ4n) is 9.26. The number of aryl methyl sites for hydroxylation is 1. The van der Waals surface area contributed by atoms with E-state index >= 15 is 4.39 Å². The average Bonchev–Trinajstić information content (AvgIpc) is 3.70. The van der Waals surface area contributed by atoms with E-state index in [0.29, 0.717) is 79.6 Å². The summed E-state index contributed by atoms with van der Waals surface area (Å²) in [5.74, 6) is 0.282. The molecule has 4 fully saturated rings. The maximum atomic E-state index is 16.2. The van der Waals surface area contributed by atoms with E-state index in [-0.39, 0.29) is 40.7 Å². The third-order valence-corrected chi connectivity index (χ3v) is 12.4. The maximum absolute atomic E-state index is 16.2. The lowest BCUT2D eigenvalue weighted by molar-refractivity contribution is -0.134. The summed E-state index contributed by atoms with van der Waals surface area (Å²) in [4.78, 5) is 68.4. The van der Waals surface area contributed by atoms with Crippen LogP contribution in [0.15, 0.2) is 53.6 Å². The SMILES string of the molecule is CC(=O)c1c(C)c2cnc(Nc3ccc(N4CCC(F)(CN5CCC(c6cccc(C7CCC(=O)NC7=O)c6)CC5)CC4)cn3)nc2n(C2CCCC2)c1=O. The number of hydrogen-bond acceptors (Lipinski definition) is 10. The van der Waals surface area contributed by atoms with Gasteiger partial charge in [0, 0.05) is 56.5 Å². The van der Waals surface area contributed by atoms with Crippen LogP contribution in [0.25, 0.3) is 11.0 Å². The lowest BCUT2D eigenvalue weighted by Gasteiger charge is -2.42. The number of carbonyl (C=O) groups is 3. The number of alkyl halides is 1. The summed E-state index contributed by atoms with van der Waals surface area (Å²) in [5.41, 5.74) is 2.91. The van der Waals surface area contributed by atoms with Crippen LogP contribution in [0.3, 0.4) is 0 Å². The first-order valence-corrected chi connectivity index (χ1v) is 19.8. The molecular weight excluding hydrogens is 700 g/mol. The van der Waals surface area contributed by atoms with Crippen LogP contribution in [0, 0.1) is 6.92 Å².